The zero-order chi connectivity index (χ0) is 9.71. The molecule has 3 atom stereocenters. The average molecular weight is 314 g/mol. The number of fused-ring (bicyclic) bond motifs is 5. The van der Waals surface area contributed by atoms with Crippen LogP contribution in [0.2, 0.25) is 0 Å². The van der Waals surface area contributed by atoms with Crippen LogP contribution in [-0.4, -0.2) is 4.83 Å². The van der Waals surface area contributed by atoms with Gasteiger partial charge in [0.2, 0.25) is 0 Å². The topological polar surface area (TPSA) is 0 Å². The van der Waals surface area contributed by atoms with Gasteiger partial charge in [-0.3, -0.25) is 0 Å². The third-order valence-corrected chi connectivity index (χ3v) is 5.78. The average Bonchev–Trinajstić information content (AvgIpc) is 2.52. The lowest BCUT2D eigenvalue weighted by molar-refractivity contribution is 0.638. The van der Waals surface area contributed by atoms with Crippen molar-refractivity contribution >= 4 is 31.9 Å². The van der Waals surface area contributed by atoms with E-state index in [4.69, 9.17) is 0 Å². The van der Waals surface area contributed by atoms with E-state index in [1.165, 1.54) is 22.0 Å². The summed E-state index contributed by atoms with van der Waals surface area (Å²) in [5, 5.41) is 0. The van der Waals surface area contributed by atoms with Gasteiger partial charge >= 0.3 is 0 Å². The van der Waals surface area contributed by atoms with Crippen LogP contribution in [0.1, 0.15) is 29.4 Å². The Bertz CT molecular complexity index is 409. The van der Waals surface area contributed by atoms with Gasteiger partial charge in [-0.05, 0) is 17.5 Å². The monoisotopic (exact) mass is 312 g/mol. The molecule has 0 saturated carbocycles. The Labute approximate surface area is 101 Å². The van der Waals surface area contributed by atoms with Crippen LogP contribution in [0.4, 0.5) is 0 Å². The van der Waals surface area contributed by atoms with Gasteiger partial charge in [-0.1, -0.05) is 62.2 Å². The van der Waals surface area contributed by atoms with Crippen molar-refractivity contribution in [3.05, 3.63) is 46.0 Å². The highest BCUT2D eigenvalue weighted by Crippen LogP contribution is 2.52. The molecular formula is C12H10Br2. The van der Waals surface area contributed by atoms with E-state index >= 15 is 0 Å². The number of allylic oxidation sites excluding steroid dienone is 2. The van der Waals surface area contributed by atoms with E-state index in [9.17, 15) is 0 Å². The molecule has 0 nitrogen and oxygen atoms in total. The number of halogens is 2. The molecule has 0 unspecified atom stereocenters. The molecule has 0 fully saturated rings. The van der Waals surface area contributed by atoms with Crippen molar-refractivity contribution in [3.8, 4) is 0 Å². The molecule has 0 saturated heterocycles. The summed E-state index contributed by atoms with van der Waals surface area (Å²) in [5.74, 6) is 1.30. The van der Waals surface area contributed by atoms with Crippen LogP contribution in [0.25, 0.3) is 0 Å². The second kappa shape index (κ2) is 3.21. The van der Waals surface area contributed by atoms with Crippen molar-refractivity contribution in [2.75, 3.05) is 0 Å². The van der Waals surface area contributed by atoms with Gasteiger partial charge in [0, 0.05) is 16.3 Å². The number of hydrogen-bond donors (Lipinski definition) is 0. The third kappa shape index (κ3) is 1.17. The zero-order valence-corrected chi connectivity index (χ0v) is 10.8. The van der Waals surface area contributed by atoms with Crippen LogP contribution in [0, 0.1) is 0 Å². The van der Waals surface area contributed by atoms with E-state index in [1.807, 2.05) is 0 Å². The Hall–Kier alpha value is -0.0800. The van der Waals surface area contributed by atoms with E-state index in [0.717, 1.165) is 0 Å². The van der Waals surface area contributed by atoms with Crippen LogP contribution >= 0.6 is 31.9 Å². The second-order valence-electron chi connectivity index (χ2n) is 4.03. The maximum Gasteiger partial charge on any atom is 0.0527 e. The van der Waals surface area contributed by atoms with Crippen molar-refractivity contribution in [1.82, 2.24) is 0 Å². The van der Waals surface area contributed by atoms with E-state index in [2.05, 4.69) is 62.2 Å². The van der Waals surface area contributed by atoms with Gasteiger partial charge in [-0.2, -0.15) is 0 Å². The fraction of sp³-hybridized carbons (Fsp3) is 0.333. The fourth-order valence-corrected chi connectivity index (χ4v) is 3.92. The SMILES string of the molecule is BrC1=C[C@@H]2C[C@H](c3ccccc32)[C@@H]1Br. The van der Waals surface area contributed by atoms with Gasteiger partial charge in [-0.25, -0.2) is 0 Å². The normalized spacial score (nSPS) is 33.9. The van der Waals surface area contributed by atoms with Crippen LogP contribution in [-0.2, 0) is 0 Å². The molecule has 0 radical (unpaired) electrons. The van der Waals surface area contributed by atoms with Gasteiger partial charge in [-0.15, -0.1) is 0 Å². The highest BCUT2D eigenvalue weighted by molar-refractivity contribution is 9.14. The number of hydrogen-bond acceptors (Lipinski definition) is 0. The largest absolute Gasteiger partial charge is 0.0826 e. The number of benzene rings is 1. The molecule has 2 heteroatoms. The minimum absolute atomic E-state index is 0.474. The first kappa shape index (κ1) is 9.17. The Morgan fingerprint density at radius 1 is 1.14 bits per heavy atom. The van der Waals surface area contributed by atoms with Crippen molar-refractivity contribution in [1.29, 1.82) is 0 Å². The van der Waals surface area contributed by atoms with Crippen LogP contribution in [0.15, 0.2) is 34.8 Å². The van der Waals surface area contributed by atoms with Gasteiger partial charge < -0.3 is 0 Å². The highest BCUT2D eigenvalue weighted by atomic mass is 79.9. The summed E-state index contributed by atoms with van der Waals surface area (Å²) in [5.41, 5.74) is 3.06. The van der Waals surface area contributed by atoms with Crippen LogP contribution in [0.5, 0.6) is 0 Å². The molecular weight excluding hydrogens is 304 g/mol. The zero-order valence-electron chi connectivity index (χ0n) is 7.58. The quantitative estimate of drug-likeness (QED) is 0.626. The van der Waals surface area contributed by atoms with Gasteiger partial charge in [0.05, 0.1) is 4.83 Å². The van der Waals surface area contributed by atoms with Crippen molar-refractivity contribution in [2.45, 2.75) is 23.1 Å². The summed E-state index contributed by atoms with van der Waals surface area (Å²) in [7, 11) is 0. The molecule has 0 aromatic heterocycles. The molecule has 0 N–H and O–H groups in total. The Morgan fingerprint density at radius 2 is 1.86 bits per heavy atom. The predicted octanol–water partition coefficient (Wildman–Crippen LogP) is 4.31. The van der Waals surface area contributed by atoms with Crippen molar-refractivity contribution in [2.24, 2.45) is 0 Å². The molecule has 0 heterocycles. The molecule has 0 aliphatic heterocycles. The Morgan fingerprint density at radius 3 is 2.64 bits per heavy atom. The van der Waals surface area contributed by atoms with E-state index in [1.54, 1.807) is 0 Å². The van der Waals surface area contributed by atoms with E-state index in [-0.39, 0.29) is 0 Å². The molecule has 72 valence electrons. The smallest absolute Gasteiger partial charge is 0.0527 e. The summed E-state index contributed by atoms with van der Waals surface area (Å²) in [6.07, 6.45) is 3.62. The van der Waals surface area contributed by atoms with Gasteiger partial charge in [0.25, 0.3) is 0 Å². The van der Waals surface area contributed by atoms with Gasteiger partial charge in [0.15, 0.2) is 0 Å². The second-order valence-corrected chi connectivity index (χ2v) is 5.93. The minimum atomic E-state index is 0.474. The molecule has 1 aromatic rings. The molecule has 0 spiro atoms. The summed E-state index contributed by atoms with van der Waals surface area (Å²) >= 11 is 7.41. The van der Waals surface area contributed by atoms with E-state index < -0.39 is 0 Å². The summed E-state index contributed by atoms with van der Waals surface area (Å²) < 4.78 is 1.31. The van der Waals surface area contributed by atoms with Gasteiger partial charge in [0.1, 0.15) is 0 Å². The molecule has 0 amide bonds. The predicted molar refractivity (Wildman–Crippen MR) is 66.3 cm³/mol. The molecule has 2 aliphatic rings. The molecule has 1 aromatic carbocycles. The fourth-order valence-electron chi connectivity index (χ4n) is 2.63. The summed E-state index contributed by atoms with van der Waals surface area (Å²) in [4.78, 5) is 0.474. The Kier molecular flexibility index (Phi) is 2.10. The summed E-state index contributed by atoms with van der Waals surface area (Å²) in [6, 6.07) is 8.83. The van der Waals surface area contributed by atoms with Crippen molar-refractivity contribution < 1.29 is 0 Å². The van der Waals surface area contributed by atoms with Crippen LogP contribution < -0.4 is 0 Å². The summed E-state index contributed by atoms with van der Waals surface area (Å²) in [6.45, 7) is 0. The lowest BCUT2D eigenvalue weighted by Crippen LogP contribution is -2.13. The maximum atomic E-state index is 3.76. The first-order valence-corrected chi connectivity index (χ1v) is 6.58. The number of alkyl halides is 1. The standard InChI is InChI=1S/C12H10Br2/c13-11-6-7-5-10(12(11)14)9-4-2-1-3-8(7)9/h1-4,6-7,10,12H,5H2/t7-,10+,12-/m0/s1. The molecule has 2 bridgehead atoms. The molecule has 14 heavy (non-hydrogen) atoms. The first-order chi connectivity index (χ1) is 6.77. The molecule has 2 aliphatic carbocycles. The third-order valence-electron chi connectivity index (χ3n) is 3.28. The highest BCUT2D eigenvalue weighted by Gasteiger charge is 2.38. The van der Waals surface area contributed by atoms with E-state index in [0.29, 0.717) is 16.7 Å². The van der Waals surface area contributed by atoms with Crippen LogP contribution in [0.3, 0.4) is 0 Å². The van der Waals surface area contributed by atoms with Crippen molar-refractivity contribution in [3.63, 3.8) is 0 Å². The Balaban J connectivity index is 2.18. The first-order valence-electron chi connectivity index (χ1n) is 4.87. The maximum absolute atomic E-state index is 3.76. The molecule has 3 rings (SSSR count). The number of rotatable bonds is 0. The lowest BCUT2D eigenvalue weighted by Gasteiger charge is -2.22. The lowest BCUT2D eigenvalue weighted by atomic mass is 9.93. The minimum Gasteiger partial charge on any atom is -0.0826 e.